The predicted molar refractivity (Wildman–Crippen MR) is 451 cm³/mol. The largest absolute Gasteiger partial charge is 0.472 e. The van der Waals surface area contributed by atoms with E-state index in [1.54, 1.807) is 0 Å². The predicted octanol–water partition coefficient (Wildman–Crippen LogP) is 27.8. The van der Waals surface area contributed by atoms with Gasteiger partial charge in [-0.3, -0.25) is 37.3 Å². The minimum Gasteiger partial charge on any atom is -0.462 e. The molecule has 0 aromatic carbocycles. The van der Waals surface area contributed by atoms with Crippen molar-refractivity contribution in [3.05, 3.63) is 0 Å². The number of aliphatic hydroxyl groups excluding tert-OH is 1. The van der Waals surface area contributed by atoms with Crippen molar-refractivity contribution in [2.75, 3.05) is 39.6 Å². The van der Waals surface area contributed by atoms with E-state index < -0.39 is 97.5 Å². The summed E-state index contributed by atoms with van der Waals surface area (Å²) in [6, 6.07) is 0. The van der Waals surface area contributed by atoms with E-state index in [9.17, 15) is 43.2 Å². The lowest BCUT2D eigenvalue weighted by molar-refractivity contribution is -0.161. The van der Waals surface area contributed by atoms with Gasteiger partial charge in [0.1, 0.15) is 19.3 Å². The van der Waals surface area contributed by atoms with Crippen LogP contribution in [0.2, 0.25) is 0 Å². The first-order valence-corrected chi connectivity index (χ1v) is 49.6. The number of ether oxygens (including phenoxy) is 4. The van der Waals surface area contributed by atoms with E-state index in [0.717, 1.165) is 102 Å². The number of phosphoric acid groups is 2. The highest BCUT2D eigenvalue weighted by Crippen LogP contribution is 2.45. The molecule has 19 heteroatoms. The van der Waals surface area contributed by atoms with E-state index in [-0.39, 0.29) is 25.7 Å². The second-order valence-electron chi connectivity index (χ2n) is 32.8. The molecule has 0 spiro atoms. The fourth-order valence-electron chi connectivity index (χ4n) is 14.1. The van der Waals surface area contributed by atoms with Gasteiger partial charge >= 0.3 is 39.5 Å². The van der Waals surface area contributed by atoms with Gasteiger partial charge in [0.25, 0.3) is 0 Å². The summed E-state index contributed by atoms with van der Waals surface area (Å²) in [6.07, 6.45) is 74.9. The number of rotatable bonds is 89. The number of carbonyl (C=O) groups excluding carboxylic acids is 4. The highest BCUT2D eigenvalue weighted by Gasteiger charge is 2.31. The van der Waals surface area contributed by atoms with E-state index in [4.69, 9.17) is 37.0 Å². The van der Waals surface area contributed by atoms with Crippen molar-refractivity contribution < 1.29 is 80.2 Å². The van der Waals surface area contributed by atoms with Crippen LogP contribution in [0.25, 0.3) is 0 Å². The second-order valence-corrected chi connectivity index (χ2v) is 35.7. The zero-order chi connectivity index (χ0) is 79.9. The molecular weight excluding hydrogens is 1410 g/mol. The summed E-state index contributed by atoms with van der Waals surface area (Å²) < 4.78 is 69.1. The monoisotopic (exact) mass is 1590 g/mol. The molecule has 17 nitrogen and oxygen atoms in total. The van der Waals surface area contributed by atoms with E-state index in [2.05, 4.69) is 41.5 Å². The van der Waals surface area contributed by atoms with Gasteiger partial charge in [0.15, 0.2) is 12.2 Å². The summed E-state index contributed by atoms with van der Waals surface area (Å²) in [5.41, 5.74) is 0. The molecule has 0 radical (unpaired) electrons. The average Bonchev–Trinajstić information content (AvgIpc) is 0.902. The van der Waals surface area contributed by atoms with Crippen LogP contribution in [0.5, 0.6) is 0 Å². The van der Waals surface area contributed by atoms with Gasteiger partial charge in [-0.2, -0.15) is 0 Å². The number of unbranched alkanes of at least 4 members (excludes halogenated alkanes) is 57. The highest BCUT2D eigenvalue weighted by molar-refractivity contribution is 7.47. The molecule has 0 amide bonds. The van der Waals surface area contributed by atoms with E-state index in [1.807, 2.05) is 0 Å². The first kappa shape index (κ1) is 107. The van der Waals surface area contributed by atoms with Crippen LogP contribution in [-0.4, -0.2) is 96.7 Å². The Hall–Kier alpha value is -1.94. The molecule has 0 fully saturated rings. The first-order chi connectivity index (χ1) is 52.9. The lowest BCUT2D eigenvalue weighted by atomic mass is 9.99. The van der Waals surface area contributed by atoms with Gasteiger partial charge < -0.3 is 33.8 Å². The van der Waals surface area contributed by atoms with Gasteiger partial charge in [0.05, 0.1) is 26.4 Å². The molecule has 0 aromatic heterocycles. The van der Waals surface area contributed by atoms with Crippen LogP contribution in [0.1, 0.15) is 485 Å². The molecule has 0 aromatic rings. The fourth-order valence-corrected chi connectivity index (χ4v) is 15.6. The molecule has 0 saturated carbocycles. The van der Waals surface area contributed by atoms with E-state index in [1.165, 1.54) is 302 Å². The maximum absolute atomic E-state index is 13.2. The van der Waals surface area contributed by atoms with E-state index in [0.29, 0.717) is 25.7 Å². The Labute approximate surface area is 670 Å². The zero-order valence-electron chi connectivity index (χ0n) is 71.9. The molecule has 0 saturated heterocycles. The van der Waals surface area contributed by atoms with Crippen LogP contribution >= 0.6 is 15.6 Å². The van der Waals surface area contributed by atoms with Gasteiger partial charge in [-0.05, 0) is 37.5 Å². The Balaban J connectivity index is 5.25. The van der Waals surface area contributed by atoms with Crippen LogP contribution < -0.4 is 0 Å². The Bertz CT molecular complexity index is 2080. The zero-order valence-corrected chi connectivity index (χ0v) is 73.7. The van der Waals surface area contributed by atoms with Crippen molar-refractivity contribution >= 4 is 39.5 Å². The SMILES string of the molecule is CCCCCCCCCCCCCCCCCCCCCCCCC(=O)O[C@H](COC(=O)CCCCCCCCCCCCCCCCC(C)CC)COP(=O)(O)OC[C@@H](O)COP(=O)(O)OC[C@@H](COC(=O)CCCCCCCCCCC(C)CC)OC(=O)CCCCCCCCCCCCCCCCCCC. The normalized spacial score (nSPS) is 14.2. The Morgan fingerprint density at radius 1 is 0.257 bits per heavy atom. The van der Waals surface area contributed by atoms with Crippen LogP contribution in [0.3, 0.4) is 0 Å². The molecule has 0 bridgehead atoms. The van der Waals surface area contributed by atoms with Crippen molar-refractivity contribution in [2.45, 2.75) is 503 Å². The van der Waals surface area contributed by atoms with Crippen molar-refractivity contribution in [1.29, 1.82) is 0 Å². The number of esters is 4. The Morgan fingerprint density at radius 2 is 0.440 bits per heavy atom. The molecule has 0 aliphatic heterocycles. The van der Waals surface area contributed by atoms with Crippen molar-refractivity contribution in [3.8, 4) is 0 Å². The number of phosphoric ester groups is 2. The van der Waals surface area contributed by atoms with Crippen molar-refractivity contribution in [2.24, 2.45) is 11.8 Å². The van der Waals surface area contributed by atoms with Gasteiger partial charge in [0, 0.05) is 25.7 Å². The molecule has 0 heterocycles. The lowest BCUT2D eigenvalue weighted by Crippen LogP contribution is -2.30. The Kier molecular flexibility index (Phi) is 79.8. The summed E-state index contributed by atoms with van der Waals surface area (Å²) >= 11 is 0. The summed E-state index contributed by atoms with van der Waals surface area (Å²) in [4.78, 5) is 73.4. The van der Waals surface area contributed by atoms with Crippen LogP contribution in [0.15, 0.2) is 0 Å². The van der Waals surface area contributed by atoms with Gasteiger partial charge in [-0.15, -0.1) is 0 Å². The smallest absolute Gasteiger partial charge is 0.462 e. The van der Waals surface area contributed by atoms with Gasteiger partial charge in [0.2, 0.25) is 0 Å². The molecule has 7 atom stereocenters. The highest BCUT2D eigenvalue weighted by atomic mass is 31.2. The maximum Gasteiger partial charge on any atom is 0.472 e. The molecule has 648 valence electrons. The molecule has 0 rings (SSSR count). The fraction of sp³-hybridized carbons (Fsp3) is 0.956. The summed E-state index contributed by atoms with van der Waals surface area (Å²) in [7, 11) is -9.94. The number of hydrogen-bond acceptors (Lipinski definition) is 15. The molecule has 109 heavy (non-hydrogen) atoms. The first-order valence-electron chi connectivity index (χ1n) is 46.6. The third-order valence-corrected chi connectivity index (χ3v) is 23.8. The summed E-state index contributed by atoms with van der Waals surface area (Å²) in [6.45, 7) is 9.76. The maximum atomic E-state index is 13.2. The quantitative estimate of drug-likeness (QED) is 0.0222. The summed E-state index contributed by atoms with van der Waals surface area (Å²) in [5.74, 6) is -0.470. The van der Waals surface area contributed by atoms with E-state index >= 15 is 0 Å². The molecular formula is C90H176O17P2. The van der Waals surface area contributed by atoms with Crippen molar-refractivity contribution in [3.63, 3.8) is 0 Å². The number of hydrogen-bond donors (Lipinski definition) is 3. The third kappa shape index (κ3) is 81.0. The minimum absolute atomic E-state index is 0.108. The molecule has 0 aliphatic rings. The minimum atomic E-state index is -4.97. The van der Waals surface area contributed by atoms with Gasteiger partial charge in [-0.1, -0.05) is 433 Å². The average molecular weight is 1590 g/mol. The Morgan fingerprint density at radius 3 is 0.651 bits per heavy atom. The standard InChI is InChI=1S/C90H176O17P2/c1-7-11-13-15-17-19-21-23-25-27-28-29-30-31-33-35-41-45-49-57-63-69-74-89(94)106-85(78-100-87(92)72-66-60-54-47-43-39-37-36-38-42-46-52-58-64-70-82(5)9-3)80-104-108(96,97)102-76-84(91)77-103-109(98,99)105-81-86(79-101-88(93)73-67-61-55-51-50-53-59-65-71-83(6)10-4)107-90(95)75-68-62-56-48-44-40-34-32-26-24-22-20-18-16-14-12-8-2/h82-86,91H,7-81H2,1-6H3,(H,96,97)(H,98,99)/t82?,83?,84-,85-,86-/m1/s1. The second kappa shape index (κ2) is 81.2. The topological polar surface area (TPSA) is 237 Å². The van der Waals surface area contributed by atoms with Gasteiger partial charge in [-0.25, -0.2) is 9.13 Å². The molecule has 0 aliphatic carbocycles. The molecule has 4 unspecified atom stereocenters. The lowest BCUT2D eigenvalue weighted by Gasteiger charge is -2.21. The third-order valence-electron chi connectivity index (χ3n) is 21.9. The van der Waals surface area contributed by atoms with Crippen molar-refractivity contribution in [1.82, 2.24) is 0 Å². The molecule has 3 N–H and O–H groups in total. The van der Waals surface area contributed by atoms with Crippen LogP contribution in [0, 0.1) is 11.8 Å². The number of aliphatic hydroxyl groups is 1. The van der Waals surface area contributed by atoms with Crippen LogP contribution in [0.4, 0.5) is 0 Å². The number of carbonyl (C=O) groups is 4. The van der Waals surface area contributed by atoms with Crippen LogP contribution in [-0.2, 0) is 65.4 Å². The summed E-state index contributed by atoms with van der Waals surface area (Å²) in [5, 5.41) is 10.7.